The van der Waals surface area contributed by atoms with Gasteiger partial charge in [-0.2, -0.15) is 0 Å². The molecule has 6 heteroatoms. The molecular weight excluding hydrogens is 356 g/mol. The average Bonchev–Trinajstić information content (AvgIpc) is 2.92. The topological polar surface area (TPSA) is 52.2 Å². The number of rotatable bonds is 3. The van der Waals surface area contributed by atoms with Gasteiger partial charge in [0, 0.05) is 16.2 Å². The zero-order chi connectivity index (χ0) is 19.5. The van der Waals surface area contributed by atoms with E-state index in [1.807, 2.05) is 10.7 Å². The van der Waals surface area contributed by atoms with Crippen LogP contribution < -0.4 is 5.56 Å². The van der Waals surface area contributed by atoms with Crippen LogP contribution in [0.25, 0.3) is 17.0 Å². The molecule has 0 atom stereocenters. The summed E-state index contributed by atoms with van der Waals surface area (Å²) in [5.74, 6) is 0.629. The van der Waals surface area contributed by atoms with Crippen molar-refractivity contribution in [3.8, 4) is 11.3 Å². The van der Waals surface area contributed by atoms with Crippen molar-refractivity contribution in [1.29, 1.82) is 0 Å². The van der Waals surface area contributed by atoms with Crippen LogP contribution in [0.2, 0.25) is 0 Å². The Morgan fingerprint density at radius 2 is 1.85 bits per heavy atom. The first-order valence-electron chi connectivity index (χ1n) is 9.51. The highest BCUT2D eigenvalue weighted by Crippen LogP contribution is 2.40. The van der Waals surface area contributed by atoms with E-state index in [-0.39, 0.29) is 17.0 Å². The van der Waals surface area contributed by atoms with Gasteiger partial charge in [-0.25, -0.2) is 14.1 Å². The molecule has 1 aliphatic rings. The maximum absolute atomic E-state index is 13.7. The molecule has 1 aromatic carbocycles. The maximum atomic E-state index is 13.7. The first-order valence-corrected chi connectivity index (χ1v) is 10.4. The van der Waals surface area contributed by atoms with E-state index < -0.39 is 0 Å². The minimum absolute atomic E-state index is 0.0181. The van der Waals surface area contributed by atoms with Crippen molar-refractivity contribution in [2.24, 2.45) is 0 Å². The Kier molecular flexibility index (Phi) is 4.22. The summed E-state index contributed by atoms with van der Waals surface area (Å²) in [7, 11) is 0. The van der Waals surface area contributed by atoms with Crippen molar-refractivity contribution in [1.82, 2.24) is 19.2 Å². The third kappa shape index (κ3) is 2.81. The van der Waals surface area contributed by atoms with Gasteiger partial charge in [-0.15, -0.1) is 5.10 Å². The van der Waals surface area contributed by atoms with E-state index in [1.54, 1.807) is 16.2 Å². The lowest BCUT2D eigenvalue weighted by Gasteiger charge is -2.32. The largest absolute Gasteiger partial charge is 0.268 e. The van der Waals surface area contributed by atoms with Crippen LogP contribution in [0.5, 0.6) is 0 Å². The summed E-state index contributed by atoms with van der Waals surface area (Å²) in [5.41, 5.74) is 3.68. The highest BCUT2D eigenvalue weighted by atomic mass is 32.2. The van der Waals surface area contributed by atoms with E-state index in [1.165, 1.54) is 5.56 Å². The third-order valence-electron chi connectivity index (χ3n) is 5.07. The van der Waals surface area contributed by atoms with E-state index in [0.29, 0.717) is 11.0 Å². The van der Waals surface area contributed by atoms with Gasteiger partial charge in [0.25, 0.3) is 5.56 Å². The van der Waals surface area contributed by atoms with Crippen LogP contribution in [0.3, 0.4) is 0 Å². The molecule has 1 aliphatic carbocycles. The molecule has 5 nitrogen and oxygen atoms in total. The van der Waals surface area contributed by atoms with Crippen molar-refractivity contribution in [2.45, 2.75) is 69.8 Å². The fourth-order valence-electron chi connectivity index (χ4n) is 3.93. The minimum atomic E-state index is -0.269. The van der Waals surface area contributed by atoms with Crippen LogP contribution >= 0.6 is 11.8 Å². The summed E-state index contributed by atoms with van der Waals surface area (Å²) in [6.07, 6.45) is 0.837. The summed E-state index contributed by atoms with van der Waals surface area (Å²) in [4.78, 5) is 18.7. The van der Waals surface area contributed by atoms with E-state index in [0.717, 1.165) is 28.4 Å². The molecule has 2 aromatic heterocycles. The van der Waals surface area contributed by atoms with Gasteiger partial charge in [-0.3, -0.25) is 4.79 Å². The standard InChI is InChI=1S/C21H26N4OS/c1-12(2)25-19-22-17-15-10-8-7-9-14(15)11-21(5,6)16(17)18(26)24(19)20(23-25)27-13(3)4/h7-10,12-13H,11H2,1-6H3. The molecule has 0 bridgehead atoms. The fraction of sp³-hybridized carbons (Fsp3) is 0.476. The quantitative estimate of drug-likeness (QED) is 0.627. The lowest BCUT2D eigenvalue weighted by molar-refractivity contribution is 0.504. The van der Waals surface area contributed by atoms with Gasteiger partial charge >= 0.3 is 0 Å². The lowest BCUT2D eigenvalue weighted by atomic mass is 9.72. The van der Waals surface area contributed by atoms with Gasteiger partial charge < -0.3 is 0 Å². The highest BCUT2D eigenvalue weighted by molar-refractivity contribution is 7.99. The van der Waals surface area contributed by atoms with Gasteiger partial charge in [0.05, 0.1) is 17.3 Å². The van der Waals surface area contributed by atoms with Gasteiger partial charge in [0.2, 0.25) is 5.78 Å². The molecule has 27 heavy (non-hydrogen) atoms. The molecule has 0 saturated heterocycles. The van der Waals surface area contributed by atoms with Crippen LogP contribution in [-0.2, 0) is 11.8 Å². The van der Waals surface area contributed by atoms with Crippen LogP contribution in [0.4, 0.5) is 0 Å². The Balaban J connectivity index is 2.14. The molecule has 0 fully saturated rings. The Hall–Kier alpha value is -2.08. The van der Waals surface area contributed by atoms with E-state index in [2.05, 4.69) is 59.7 Å². The van der Waals surface area contributed by atoms with Crippen LogP contribution in [0.1, 0.15) is 58.7 Å². The molecule has 0 radical (unpaired) electrons. The predicted octanol–water partition coefficient (Wildman–Crippen LogP) is 4.47. The molecule has 142 valence electrons. The van der Waals surface area contributed by atoms with Crippen molar-refractivity contribution in [3.63, 3.8) is 0 Å². The maximum Gasteiger partial charge on any atom is 0.265 e. The Morgan fingerprint density at radius 3 is 2.52 bits per heavy atom. The van der Waals surface area contributed by atoms with Crippen LogP contribution in [0.15, 0.2) is 34.2 Å². The molecule has 0 aliphatic heterocycles. The second-order valence-electron chi connectivity index (χ2n) is 8.48. The molecule has 2 heterocycles. The number of aromatic nitrogens is 4. The predicted molar refractivity (Wildman–Crippen MR) is 111 cm³/mol. The molecular formula is C21H26N4OS. The lowest BCUT2D eigenvalue weighted by Crippen LogP contribution is -2.36. The van der Waals surface area contributed by atoms with Gasteiger partial charge in [0.15, 0.2) is 5.16 Å². The molecule has 0 unspecified atom stereocenters. The summed E-state index contributed by atoms with van der Waals surface area (Å²) in [5, 5.41) is 5.80. The second kappa shape index (κ2) is 6.23. The van der Waals surface area contributed by atoms with Gasteiger partial charge in [0.1, 0.15) is 0 Å². The second-order valence-corrected chi connectivity index (χ2v) is 10.0. The van der Waals surface area contributed by atoms with Crippen LogP contribution in [-0.4, -0.2) is 24.4 Å². The van der Waals surface area contributed by atoms with Crippen LogP contribution in [0, 0.1) is 0 Å². The van der Waals surface area contributed by atoms with E-state index in [4.69, 9.17) is 10.1 Å². The van der Waals surface area contributed by atoms with Gasteiger partial charge in [-0.1, -0.05) is 63.7 Å². The molecule has 0 amide bonds. The van der Waals surface area contributed by atoms with Crippen molar-refractivity contribution in [2.75, 3.05) is 0 Å². The smallest absolute Gasteiger partial charge is 0.265 e. The number of fused-ring (bicyclic) bond motifs is 4. The van der Waals surface area contributed by atoms with Crippen molar-refractivity contribution >= 4 is 17.5 Å². The van der Waals surface area contributed by atoms with Crippen molar-refractivity contribution in [3.05, 3.63) is 45.7 Å². The minimum Gasteiger partial charge on any atom is -0.268 e. The first-order chi connectivity index (χ1) is 12.7. The van der Waals surface area contributed by atoms with Gasteiger partial charge in [-0.05, 0) is 25.8 Å². The number of benzene rings is 1. The van der Waals surface area contributed by atoms with E-state index in [9.17, 15) is 4.79 Å². The number of thioether (sulfide) groups is 1. The molecule has 3 aromatic rings. The Bertz CT molecular complexity index is 1090. The monoisotopic (exact) mass is 382 g/mol. The molecule has 0 saturated carbocycles. The third-order valence-corrected chi connectivity index (χ3v) is 6.01. The Morgan fingerprint density at radius 1 is 1.15 bits per heavy atom. The SMILES string of the molecule is CC(C)Sc1nn(C(C)C)c2nc3c(c(=O)n12)C(C)(C)Cc1ccccc1-3. The fourth-order valence-corrected chi connectivity index (χ4v) is 4.75. The normalized spacial score (nSPS) is 15.4. The zero-order valence-corrected chi connectivity index (χ0v) is 17.6. The zero-order valence-electron chi connectivity index (χ0n) is 16.8. The summed E-state index contributed by atoms with van der Waals surface area (Å²) in [6, 6.07) is 8.42. The van der Waals surface area contributed by atoms with E-state index >= 15 is 0 Å². The molecule has 4 rings (SSSR count). The number of nitrogens with zero attached hydrogens (tertiary/aromatic N) is 4. The summed E-state index contributed by atoms with van der Waals surface area (Å²) in [6.45, 7) is 12.6. The van der Waals surface area contributed by atoms with Crippen molar-refractivity contribution < 1.29 is 0 Å². The number of hydrogen-bond donors (Lipinski definition) is 0. The summed E-state index contributed by atoms with van der Waals surface area (Å²) < 4.78 is 3.59. The molecule has 0 N–H and O–H groups in total. The molecule has 0 spiro atoms. The summed E-state index contributed by atoms with van der Waals surface area (Å²) >= 11 is 1.61. The highest BCUT2D eigenvalue weighted by Gasteiger charge is 2.36. The average molecular weight is 383 g/mol. The number of hydrogen-bond acceptors (Lipinski definition) is 4. The first kappa shape index (κ1) is 18.3. The Labute approximate surface area is 163 Å².